The Morgan fingerprint density at radius 3 is 2.52 bits per heavy atom. The molecule has 1 aromatic carbocycles. The van der Waals surface area contributed by atoms with Gasteiger partial charge in [0.05, 0.1) is 7.11 Å². The molecule has 0 aliphatic carbocycles. The van der Waals surface area contributed by atoms with Crippen molar-refractivity contribution in [1.29, 1.82) is 0 Å². The van der Waals surface area contributed by atoms with Crippen LogP contribution in [0.1, 0.15) is 30.7 Å². The summed E-state index contributed by atoms with van der Waals surface area (Å²) in [6.45, 7) is 1.75. The van der Waals surface area contributed by atoms with Crippen molar-refractivity contribution in [3.63, 3.8) is 0 Å². The molecular formula is C22H30N6O. The molecule has 0 spiro atoms. The summed E-state index contributed by atoms with van der Waals surface area (Å²) < 4.78 is 7.23. The van der Waals surface area contributed by atoms with E-state index in [9.17, 15) is 0 Å². The highest BCUT2D eigenvalue weighted by Crippen LogP contribution is 2.13. The number of ether oxygens (including phenoxy) is 1. The average molecular weight is 395 g/mol. The molecule has 0 saturated carbocycles. The van der Waals surface area contributed by atoms with Crippen LogP contribution in [0, 0.1) is 0 Å². The van der Waals surface area contributed by atoms with Crippen molar-refractivity contribution in [2.24, 2.45) is 4.99 Å². The van der Waals surface area contributed by atoms with Gasteiger partial charge in [-0.05, 0) is 55.5 Å². The van der Waals surface area contributed by atoms with E-state index in [1.165, 1.54) is 5.56 Å². The molecule has 3 aromatic rings. The second-order valence-corrected chi connectivity index (χ2v) is 6.88. The van der Waals surface area contributed by atoms with Gasteiger partial charge in [0.2, 0.25) is 0 Å². The van der Waals surface area contributed by atoms with Gasteiger partial charge in [-0.15, -0.1) is 10.2 Å². The number of rotatable bonds is 10. The van der Waals surface area contributed by atoms with Crippen molar-refractivity contribution < 1.29 is 4.74 Å². The van der Waals surface area contributed by atoms with Crippen LogP contribution in [0.4, 0.5) is 0 Å². The number of hydrogen-bond acceptors (Lipinski definition) is 4. The van der Waals surface area contributed by atoms with Gasteiger partial charge in [-0.1, -0.05) is 18.2 Å². The molecule has 7 nitrogen and oxygen atoms in total. The maximum absolute atomic E-state index is 5.19. The molecule has 0 atom stereocenters. The first-order valence-corrected chi connectivity index (χ1v) is 10.2. The van der Waals surface area contributed by atoms with Gasteiger partial charge in [-0.3, -0.25) is 9.39 Å². The van der Waals surface area contributed by atoms with E-state index in [0.29, 0.717) is 0 Å². The number of pyridine rings is 1. The minimum Gasteiger partial charge on any atom is -0.497 e. The van der Waals surface area contributed by atoms with E-state index in [0.717, 1.165) is 68.4 Å². The molecule has 3 rings (SSSR count). The van der Waals surface area contributed by atoms with E-state index >= 15 is 0 Å². The van der Waals surface area contributed by atoms with Crippen molar-refractivity contribution in [2.75, 3.05) is 27.2 Å². The average Bonchev–Trinajstić information content (AvgIpc) is 3.18. The summed E-state index contributed by atoms with van der Waals surface area (Å²) in [6, 6.07) is 14.2. The second kappa shape index (κ2) is 11.0. The van der Waals surface area contributed by atoms with Crippen molar-refractivity contribution in [2.45, 2.75) is 32.1 Å². The second-order valence-electron chi connectivity index (χ2n) is 6.88. The number of aryl methyl sites for hydroxylation is 2. The summed E-state index contributed by atoms with van der Waals surface area (Å²) in [7, 11) is 3.50. The molecule has 0 unspecified atom stereocenters. The number of aliphatic imine (C=N–C) groups is 1. The van der Waals surface area contributed by atoms with Crippen molar-refractivity contribution in [3.8, 4) is 5.75 Å². The number of methoxy groups -OCH3 is 1. The molecule has 0 radical (unpaired) electrons. The Labute approximate surface area is 172 Å². The summed E-state index contributed by atoms with van der Waals surface area (Å²) in [5, 5.41) is 15.2. The van der Waals surface area contributed by atoms with Gasteiger partial charge in [-0.2, -0.15) is 0 Å². The van der Waals surface area contributed by atoms with Crippen LogP contribution in [-0.4, -0.2) is 47.8 Å². The van der Waals surface area contributed by atoms with Crippen LogP contribution in [0.5, 0.6) is 5.75 Å². The molecule has 2 N–H and O–H groups in total. The highest BCUT2D eigenvalue weighted by atomic mass is 16.5. The Bertz CT molecular complexity index is 903. The quantitative estimate of drug-likeness (QED) is 0.314. The van der Waals surface area contributed by atoms with Gasteiger partial charge in [0.25, 0.3) is 0 Å². The minimum absolute atomic E-state index is 0.841. The Kier molecular flexibility index (Phi) is 7.86. The fourth-order valence-electron chi connectivity index (χ4n) is 3.19. The number of benzene rings is 1. The lowest BCUT2D eigenvalue weighted by atomic mass is 10.1. The Morgan fingerprint density at radius 1 is 0.966 bits per heavy atom. The summed E-state index contributed by atoms with van der Waals surface area (Å²) >= 11 is 0. The highest BCUT2D eigenvalue weighted by Gasteiger charge is 2.04. The van der Waals surface area contributed by atoms with Crippen LogP contribution >= 0.6 is 0 Å². The molecule has 154 valence electrons. The summed E-state index contributed by atoms with van der Waals surface area (Å²) in [5.74, 6) is 2.74. The van der Waals surface area contributed by atoms with E-state index in [-0.39, 0.29) is 0 Å². The molecule has 0 amide bonds. The molecule has 0 saturated heterocycles. The molecule has 29 heavy (non-hydrogen) atoms. The number of guanidine groups is 1. The summed E-state index contributed by atoms with van der Waals surface area (Å²) in [5.41, 5.74) is 2.23. The maximum Gasteiger partial charge on any atom is 0.190 e. The Hall–Kier alpha value is -3.09. The monoisotopic (exact) mass is 394 g/mol. The van der Waals surface area contributed by atoms with Crippen molar-refractivity contribution in [3.05, 3.63) is 60.0 Å². The number of unbranched alkanes of at least 4 members (excludes halogenated alkanes) is 1. The van der Waals surface area contributed by atoms with Crippen LogP contribution in [0.2, 0.25) is 0 Å². The van der Waals surface area contributed by atoms with Gasteiger partial charge in [-0.25, -0.2) is 0 Å². The summed E-state index contributed by atoms with van der Waals surface area (Å²) in [6.07, 6.45) is 7.15. The number of aromatic nitrogens is 3. The number of fused-ring (bicyclic) bond motifs is 1. The van der Waals surface area contributed by atoms with E-state index in [2.05, 4.69) is 38.0 Å². The van der Waals surface area contributed by atoms with Gasteiger partial charge in [0, 0.05) is 32.8 Å². The first kappa shape index (κ1) is 20.6. The molecule has 2 aromatic heterocycles. The third kappa shape index (κ3) is 6.20. The van der Waals surface area contributed by atoms with Gasteiger partial charge >= 0.3 is 0 Å². The molecule has 0 aliphatic rings. The maximum atomic E-state index is 5.19. The van der Waals surface area contributed by atoms with Crippen LogP contribution in [-0.2, 0) is 12.8 Å². The lowest BCUT2D eigenvalue weighted by Crippen LogP contribution is -2.38. The molecule has 2 heterocycles. The first-order valence-electron chi connectivity index (χ1n) is 10.2. The van der Waals surface area contributed by atoms with Crippen molar-refractivity contribution in [1.82, 2.24) is 25.2 Å². The largest absolute Gasteiger partial charge is 0.497 e. The zero-order valence-corrected chi connectivity index (χ0v) is 17.3. The van der Waals surface area contributed by atoms with Crippen molar-refractivity contribution >= 4 is 11.6 Å². The molecule has 0 fully saturated rings. The lowest BCUT2D eigenvalue weighted by Gasteiger charge is -2.11. The predicted octanol–water partition coefficient (Wildman–Crippen LogP) is 2.86. The highest BCUT2D eigenvalue weighted by molar-refractivity contribution is 5.79. The third-order valence-corrected chi connectivity index (χ3v) is 4.82. The first-order chi connectivity index (χ1) is 14.3. The van der Waals surface area contributed by atoms with Crippen LogP contribution in [0.3, 0.4) is 0 Å². The molecule has 0 bridgehead atoms. The fourth-order valence-corrected chi connectivity index (χ4v) is 3.19. The number of nitrogens with one attached hydrogen (secondary N) is 2. The predicted molar refractivity (Wildman–Crippen MR) is 117 cm³/mol. The normalized spacial score (nSPS) is 11.6. The third-order valence-electron chi connectivity index (χ3n) is 4.82. The Morgan fingerprint density at radius 2 is 1.76 bits per heavy atom. The smallest absolute Gasteiger partial charge is 0.190 e. The van der Waals surface area contributed by atoms with Crippen LogP contribution in [0.25, 0.3) is 5.65 Å². The van der Waals surface area contributed by atoms with Crippen LogP contribution < -0.4 is 15.4 Å². The van der Waals surface area contributed by atoms with E-state index < -0.39 is 0 Å². The Balaban J connectivity index is 1.29. The van der Waals surface area contributed by atoms with E-state index in [1.54, 1.807) is 14.2 Å². The topological polar surface area (TPSA) is 75.8 Å². The zero-order chi connectivity index (χ0) is 20.3. The molecule has 7 heteroatoms. The molecular weight excluding hydrogens is 364 g/mol. The zero-order valence-electron chi connectivity index (χ0n) is 17.3. The van der Waals surface area contributed by atoms with Crippen LogP contribution in [0.15, 0.2) is 53.7 Å². The van der Waals surface area contributed by atoms with Gasteiger partial charge < -0.3 is 15.4 Å². The van der Waals surface area contributed by atoms with Gasteiger partial charge in [0.15, 0.2) is 11.6 Å². The SMILES string of the molecule is CN=C(NCCCCc1ccc(OC)cc1)NCCCc1nnc2ccccn12. The fraction of sp³-hybridized carbons (Fsp3) is 0.409. The number of nitrogens with zero attached hydrogens (tertiary/aromatic N) is 4. The van der Waals surface area contributed by atoms with Gasteiger partial charge in [0.1, 0.15) is 11.6 Å². The standard InChI is InChI=1S/C22H30N6O/c1-23-22(24-15-5-3-8-18-11-13-19(29-2)14-12-18)25-16-7-10-21-27-26-20-9-4-6-17-28(20)21/h4,6,9,11-14,17H,3,5,7-8,10,15-16H2,1-2H3,(H2,23,24,25). The minimum atomic E-state index is 0.841. The summed E-state index contributed by atoms with van der Waals surface area (Å²) in [4.78, 5) is 4.29. The van der Waals surface area contributed by atoms with E-state index in [1.807, 2.05) is 40.9 Å². The van der Waals surface area contributed by atoms with E-state index in [4.69, 9.17) is 4.74 Å². The number of hydrogen-bond donors (Lipinski definition) is 2. The lowest BCUT2D eigenvalue weighted by molar-refractivity contribution is 0.414. The molecule has 0 aliphatic heterocycles.